The van der Waals surface area contributed by atoms with Gasteiger partial charge in [0.15, 0.2) is 0 Å². The van der Waals surface area contributed by atoms with E-state index in [0.29, 0.717) is 0 Å². The molecule has 0 spiro atoms. The monoisotopic (exact) mass is 315 g/mol. The zero-order chi connectivity index (χ0) is 16.1. The molecule has 0 atom stereocenters. The summed E-state index contributed by atoms with van der Waals surface area (Å²) in [5.74, 6) is 0. The minimum atomic E-state index is -0.358. The van der Waals surface area contributed by atoms with Gasteiger partial charge < -0.3 is 4.57 Å². The van der Waals surface area contributed by atoms with Crippen molar-refractivity contribution in [1.29, 1.82) is 0 Å². The number of nitro benzene ring substituents is 1. The predicted octanol–water partition coefficient (Wildman–Crippen LogP) is 1.61. The van der Waals surface area contributed by atoms with E-state index < -0.39 is 0 Å². The lowest BCUT2D eigenvalue weighted by atomic mass is 10.2. The number of nitrogens with zero attached hydrogens (tertiary/aromatic N) is 5. The first-order valence-electron chi connectivity index (χ1n) is 7.84. The van der Waals surface area contributed by atoms with Crippen molar-refractivity contribution in [2.75, 3.05) is 32.7 Å². The lowest BCUT2D eigenvalue weighted by Gasteiger charge is -2.34. The van der Waals surface area contributed by atoms with Crippen molar-refractivity contribution >= 4 is 5.69 Å². The van der Waals surface area contributed by atoms with Gasteiger partial charge in [0.25, 0.3) is 5.69 Å². The van der Waals surface area contributed by atoms with Gasteiger partial charge in [0.2, 0.25) is 0 Å². The Bertz CT molecular complexity index is 618. The van der Waals surface area contributed by atoms with E-state index in [-0.39, 0.29) is 10.6 Å². The highest BCUT2D eigenvalue weighted by Crippen LogP contribution is 2.14. The summed E-state index contributed by atoms with van der Waals surface area (Å²) in [6.07, 6.45) is 5.65. The first kappa shape index (κ1) is 15.6. The third-order valence-corrected chi connectivity index (χ3v) is 4.25. The average Bonchev–Trinajstić information content (AvgIpc) is 3.08. The van der Waals surface area contributed by atoms with Crippen LogP contribution < -0.4 is 0 Å². The lowest BCUT2D eigenvalue weighted by molar-refractivity contribution is -0.384. The van der Waals surface area contributed by atoms with Crippen LogP contribution in [-0.4, -0.2) is 57.0 Å². The zero-order valence-corrected chi connectivity index (χ0v) is 13.0. The maximum atomic E-state index is 10.7. The van der Waals surface area contributed by atoms with Crippen molar-refractivity contribution in [3.05, 3.63) is 58.7 Å². The lowest BCUT2D eigenvalue weighted by Crippen LogP contribution is -2.46. The van der Waals surface area contributed by atoms with E-state index in [4.69, 9.17) is 0 Å². The molecular formula is C16H21N5O2. The minimum Gasteiger partial charge on any atom is -0.336 e. The Morgan fingerprint density at radius 2 is 1.74 bits per heavy atom. The van der Waals surface area contributed by atoms with Crippen LogP contribution in [0, 0.1) is 10.1 Å². The number of aromatic nitrogens is 2. The van der Waals surface area contributed by atoms with Crippen molar-refractivity contribution in [2.24, 2.45) is 0 Å². The van der Waals surface area contributed by atoms with E-state index in [1.807, 2.05) is 30.9 Å². The number of benzene rings is 1. The van der Waals surface area contributed by atoms with Gasteiger partial charge in [-0.3, -0.25) is 19.9 Å². The van der Waals surface area contributed by atoms with Gasteiger partial charge in [0.05, 0.1) is 11.3 Å². The summed E-state index contributed by atoms with van der Waals surface area (Å²) in [4.78, 5) is 19.2. The van der Waals surface area contributed by atoms with Crippen LogP contribution in [0.25, 0.3) is 0 Å². The molecule has 7 nitrogen and oxygen atoms in total. The second-order valence-corrected chi connectivity index (χ2v) is 5.84. The van der Waals surface area contributed by atoms with Crippen LogP contribution in [0.2, 0.25) is 0 Å². The quantitative estimate of drug-likeness (QED) is 0.598. The fraction of sp³-hybridized carbons (Fsp3) is 0.438. The number of hydrogen-bond acceptors (Lipinski definition) is 5. The highest BCUT2D eigenvalue weighted by Gasteiger charge is 2.17. The molecule has 0 unspecified atom stereocenters. The average molecular weight is 315 g/mol. The molecule has 1 aliphatic rings. The Balaban J connectivity index is 1.42. The molecule has 0 amide bonds. The minimum absolute atomic E-state index is 0.151. The normalized spacial score (nSPS) is 16.5. The van der Waals surface area contributed by atoms with E-state index in [1.165, 1.54) is 0 Å². The van der Waals surface area contributed by atoms with Crippen LogP contribution in [0.1, 0.15) is 5.56 Å². The van der Waals surface area contributed by atoms with Gasteiger partial charge >= 0.3 is 0 Å². The van der Waals surface area contributed by atoms with Crippen LogP contribution in [0.3, 0.4) is 0 Å². The summed E-state index contributed by atoms with van der Waals surface area (Å²) in [5.41, 5.74) is 1.28. The molecule has 2 heterocycles. The van der Waals surface area contributed by atoms with Crippen LogP contribution >= 0.6 is 0 Å². The van der Waals surface area contributed by atoms with Gasteiger partial charge in [-0.15, -0.1) is 0 Å². The maximum Gasteiger partial charge on any atom is 0.269 e. The highest BCUT2D eigenvalue weighted by atomic mass is 16.6. The molecule has 23 heavy (non-hydrogen) atoms. The summed E-state index contributed by atoms with van der Waals surface area (Å²) < 4.78 is 2.10. The number of non-ortho nitro benzene ring substituents is 1. The molecule has 0 bridgehead atoms. The molecule has 1 aliphatic heterocycles. The SMILES string of the molecule is O=[N+]([O-])c1ccc(CN2CCN(CCn3ccnc3)CC2)cc1. The molecule has 1 fully saturated rings. The van der Waals surface area contributed by atoms with Crippen molar-refractivity contribution < 1.29 is 4.92 Å². The topological polar surface area (TPSA) is 67.4 Å². The van der Waals surface area contributed by atoms with Crippen LogP contribution in [-0.2, 0) is 13.1 Å². The standard InChI is InChI=1S/C16H21N5O2/c22-21(23)16-3-1-15(2-4-16)13-19-10-7-18(8-11-19)9-12-20-6-5-17-14-20/h1-6,14H,7-13H2. The van der Waals surface area contributed by atoms with Gasteiger partial charge in [-0.05, 0) is 5.56 Å². The summed E-state index contributed by atoms with van der Waals surface area (Å²) in [5, 5.41) is 10.7. The largest absolute Gasteiger partial charge is 0.336 e. The third-order valence-electron chi connectivity index (χ3n) is 4.25. The molecule has 0 aliphatic carbocycles. The van der Waals surface area contributed by atoms with E-state index >= 15 is 0 Å². The van der Waals surface area contributed by atoms with Gasteiger partial charge in [0.1, 0.15) is 0 Å². The Morgan fingerprint density at radius 1 is 1.04 bits per heavy atom. The van der Waals surface area contributed by atoms with Gasteiger partial charge in [-0.1, -0.05) is 12.1 Å². The Labute approximate surface area is 135 Å². The molecule has 2 aromatic rings. The Morgan fingerprint density at radius 3 is 2.35 bits per heavy atom. The van der Waals surface area contributed by atoms with Gasteiger partial charge in [-0.2, -0.15) is 0 Å². The molecule has 7 heteroatoms. The highest BCUT2D eigenvalue weighted by molar-refractivity contribution is 5.32. The molecule has 122 valence electrons. The number of rotatable bonds is 6. The fourth-order valence-corrected chi connectivity index (χ4v) is 2.83. The Kier molecular flexibility index (Phi) is 4.99. The molecule has 1 aromatic heterocycles. The van der Waals surface area contributed by atoms with Crippen molar-refractivity contribution in [1.82, 2.24) is 19.4 Å². The van der Waals surface area contributed by atoms with Crippen LogP contribution in [0.5, 0.6) is 0 Å². The van der Waals surface area contributed by atoms with Crippen LogP contribution in [0.15, 0.2) is 43.0 Å². The molecule has 0 saturated carbocycles. The van der Waals surface area contributed by atoms with Gasteiger partial charge in [-0.25, -0.2) is 4.98 Å². The van der Waals surface area contributed by atoms with E-state index in [2.05, 4.69) is 19.4 Å². The molecular weight excluding hydrogens is 294 g/mol. The molecule has 1 saturated heterocycles. The van der Waals surface area contributed by atoms with Crippen molar-refractivity contribution in [3.63, 3.8) is 0 Å². The van der Waals surface area contributed by atoms with E-state index in [1.54, 1.807) is 12.1 Å². The molecule has 0 N–H and O–H groups in total. The number of imidazole rings is 1. The predicted molar refractivity (Wildman–Crippen MR) is 87.0 cm³/mol. The van der Waals surface area contributed by atoms with E-state index in [9.17, 15) is 10.1 Å². The first-order chi connectivity index (χ1) is 11.2. The summed E-state index contributed by atoms with van der Waals surface area (Å²) >= 11 is 0. The molecule has 1 aromatic carbocycles. The fourth-order valence-electron chi connectivity index (χ4n) is 2.83. The summed E-state index contributed by atoms with van der Waals surface area (Å²) in [7, 11) is 0. The van der Waals surface area contributed by atoms with Gasteiger partial charge in [0, 0.05) is 70.3 Å². The summed E-state index contributed by atoms with van der Waals surface area (Å²) in [6.45, 7) is 7.04. The first-order valence-corrected chi connectivity index (χ1v) is 7.84. The molecule has 3 rings (SSSR count). The van der Waals surface area contributed by atoms with Crippen molar-refractivity contribution in [3.8, 4) is 0 Å². The second-order valence-electron chi connectivity index (χ2n) is 5.84. The number of hydrogen-bond donors (Lipinski definition) is 0. The second kappa shape index (κ2) is 7.34. The molecule has 0 radical (unpaired) electrons. The Hall–Kier alpha value is -2.25. The number of nitro groups is 1. The van der Waals surface area contributed by atoms with E-state index in [0.717, 1.165) is 51.4 Å². The maximum absolute atomic E-state index is 10.7. The number of piperazine rings is 1. The third kappa shape index (κ3) is 4.37. The van der Waals surface area contributed by atoms with Crippen LogP contribution in [0.4, 0.5) is 5.69 Å². The summed E-state index contributed by atoms with van der Waals surface area (Å²) in [6, 6.07) is 6.86. The zero-order valence-electron chi connectivity index (χ0n) is 13.0. The smallest absolute Gasteiger partial charge is 0.269 e. The van der Waals surface area contributed by atoms with Crippen molar-refractivity contribution in [2.45, 2.75) is 13.1 Å².